The van der Waals surface area contributed by atoms with Crippen molar-refractivity contribution in [3.63, 3.8) is 0 Å². The first-order valence-electron chi connectivity index (χ1n) is 11.6. The van der Waals surface area contributed by atoms with Gasteiger partial charge >= 0.3 is 0 Å². The second-order valence-electron chi connectivity index (χ2n) is 9.59. The maximum atomic E-state index is 13.8. The first-order chi connectivity index (χ1) is 16.3. The lowest BCUT2D eigenvalue weighted by atomic mass is 9.75. The number of piperidine rings is 2. The quantitative estimate of drug-likeness (QED) is 0.548. The van der Waals surface area contributed by atoms with Gasteiger partial charge in [-0.2, -0.15) is 9.37 Å². The molecule has 2 saturated heterocycles. The highest BCUT2D eigenvalue weighted by Gasteiger charge is 2.40. The first kappa shape index (κ1) is 22.5. The Labute approximate surface area is 198 Å². The molecule has 0 saturated carbocycles. The lowest BCUT2D eigenvalue weighted by molar-refractivity contribution is 0.140. The number of phenolic OH excluding ortho intramolecular Hbond substituents is 1. The van der Waals surface area contributed by atoms with E-state index < -0.39 is 5.95 Å². The normalized spacial score (nSPS) is 24.0. The second-order valence-corrected chi connectivity index (χ2v) is 9.59. The average Bonchev–Trinajstić information content (AvgIpc) is 2.82. The van der Waals surface area contributed by atoms with E-state index in [1.807, 2.05) is 0 Å². The van der Waals surface area contributed by atoms with Gasteiger partial charge in [0.1, 0.15) is 5.75 Å². The molecule has 2 aliphatic heterocycles. The zero-order chi connectivity index (χ0) is 23.9. The van der Waals surface area contributed by atoms with Crippen LogP contribution in [0.5, 0.6) is 11.6 Å². The number of methoxy groups -OCH3 is 1. The number of aromatic nitrogens is 4. The Kier molecular flexibility index (Phi) is 5.81. The van der Waals surface area contributed by atoms with Crippen molar-refractivity contribution in [2.24, 2.45) is 0 Å². The van der Waals surface area contributed by atoms with Crippen molar-refractivity contribution < 1.29 is 14.2 Å². The predicted octanol–water partition coefficient (Wildman–Crippen LogP) is 3.95. The molecule has 2 aliphatic rings. The molecule has 178 valence electrons. The highest BCUT2D eigenvalue weighted by Crippen LogP contribution is 2.37. The predicted molar refractivity (Wildman–Crippen MR) is 127 cm³/mol. The van der Waals surface area contributed by atoms with Crippen LogP contribution in [0.25, 0.3) is 22.5 Å². The van der Waals surface area contributed by atoms with Crippen LogP contribution in [-0.2, 0) is 0 Å². The van der Waals surface area contributed by atoms with Crippen LogP contribution in [0.3, 0.4) is 0 Å². The molecule has 1 aromatic carbocycles. The number of nitrogens with zero attached hydrogens (tertiary/aromatic N) is 5. The summed E-state index contributed by atoms with van der Waals surface area (Å²) in [6.07, 6.45) is 7.55. The molecule has 2 fully saturated rings. The highest BCUT2D eigenvalue weighted by molar-refractivity contribution is 5.73. The molecule has 9 heteroatoms. The van der Waals surface area contributed by atoms with E-state index in [2.05, 4.69) is 44.4 Å². The Morgan fingerprint density at radius 3 is 2.76 bits per heavy atom. The first-order valence-corrected chi connectivity index (χ1v) is 11.6. The van der Waals surface area contributed by atoms with Crippen LogP contribution in [0.1, 0.15) is 39.0 Å². The number of rotatable bonds is 5. The van der Waals surface area contributed by atoms with Gasteiger partial charge in [0.2, 0.25) is 11.8 Å². The van der Waals surface area contributed by atoms with Gasteiger partial charge in [-0.1, -0.05) is 12.5 Å². The van der Waals surface area contributed by atoms with Crippen molar-refractivity contribution in [1.29, 1.82) is 0 Å². The van der Waals surface area contributed by atoms with Crippen LogP contribution in [-0.4, -0.2) is 57.1 Å². The average molecular weight is 465 g/mol. The van der Waals surface area contributed by atoms with Crippen LogP contribution in [0.4, 0.5) is 10.2 Å². The molecule has 3 aromatic rings. The number of nitrogens with one attached hydrogen (secondary N) is 1. The summed E-state index contributed by atoms with van der Waals surface area (Å²) in [5.41, 5.74) is 1.80. The molecule has 3 atom stereocenters. The summed E-state index contributed by atoms with van der Waals surface area (Å²) in [6.45, 7) is 2.31. The second kappa shape index (κ2) is 8.79. The van der Waals surface area contributed by atoms with Crippen molar-refractivity contribution in [3.8, 4) is 34.1 Å². The monoisotopic (exact) mass is 464 g/mol. The van der Waals surface area contributed by atoms with Crippen LogP contribution in [0, 0.1) is 5.95 Å². The molecule has 5 rings (SSSR count). The van der Waals surface area contributed by atoms with E-state index in [-0.39, 0.29) is 17.2 Å². The van der Waals surface area contributed by atoms with E-state index in [1.165, 1.54) is 32.4 Å². The third kappa shape index (κ3) is 4.40. The summed E-state index contributed by atoms with van der Waals surface area (Å²) in [5.74, 6) is 0.533. The van der Waals surface area contributed by atoms with Gasteiger partial charge in [-0.15, -0.1) is 10.2 Å². The topological polar surface area (TPSA) is 96.3 Å². The smallest absolute Gasteiger partial charge is 0.216 e. The van der Waals surface area contributed by atoms with Crippen molar-refractivity contribution in [1.82, 2.24) is 25.5 Å². The van der Waals surface area contributed by atoms with Gasteiger partial charge in [0.15, 0.2) is 11.6 Å². The minimum Gasteiger partial charge on any atom is -0.507 e. The molecule has 0 aliphatic carbocycles. The minimum absolute atomic E-state index is 0.0179. The molecule has 8 nitrogen and oxygen atoms in total. The Bertz CT molecular complexity index is 1190. The summed E-state index contributed by atoms with van der Waals surface area (Å²) in [4.78, 5) is 10.3. The molecule has 34 heavy (non-hydrogen) atoms. The van der Waals surface area contributed by atoms with Gasteiger partial charge in [0.05, 0.1) is 18.9 Å². The number of benzene rings is 1. The molecule has 0 radical (unpaired) electrons. The number of pyridine rings is 1. The number of hydrogen-bond acceptors (Lipinski definition) is 8. The van der Waals surface area contributed by atoms with Gasteiger partial charge in [-0.05, 0) is 55.9 Å². The highest BCUT2D eigenvalue weighted by atomic mass is 19.1. The van der Waals surface area contributed by atoms with Crippen molar-refractivity contribution in [3.05, 3.63) is 42.5 Å². The van der Waals surface area contributed by atoms with E-state index >= 15 is 0 Å². The summed E-state index contributed by atoms with van der Waals surface area (Å²) >= 11 is 0. The molecular weight excluding hydrogens is 435 g/mol. The van der Waals surface area contributed by atoms with E-state index in [1.54, 1.807) is 30.5 Å². The molecule has 2 N–H and O–H groups in total. The molecular formula is C25H29FN6O2. The van der Waals surface area contributed by atoms with Gasteiger partial charge in [-0.3, -0.25) is 0 Å². The van der Waals surface area contributed by atoms with Crippen LogP contribution in [0.15, 0.2) is 36.5 Å². The van der Waals surface area contributed by atoms with E-state index in [0.717, 1.165) is 12.8 Å². The molecule has 0 spiro atoms. The summed E-state index contributed by atoms with van der Waals surface area (Å²) in [7, 11) is 3.48. The van der Waals surface area contributed by atoms with Gasteiger partial charge in [0, 0.05) is 36.8 Å². The SMILES string of the molecule is COc1cc(-c2ccc(-c3ncc(N(C)[C@H]4C[C@@H]5CCC[C@](C)(C4)N5)nn3)c(O)c2)cc(F)n1. The number of anilines is 1. The summed E-state index contributed by atoms with van der Waals surface area (Å²) in [5, 5.41) is 23.1. The number of halogens is 1. The van der Waals surface area contributed by atoms with Gasteiger partial charge in [0.25, 0.3) is 0 Å². The maximum Gasteiger partial charge on any atom is 0.216 e. The zero-order valence-electron chi connectivity index (χ0n) is 19.6. The standard InChI is InChI=1S/C25H29FN6O2/c1-25-8-4-5-17(29-25)12-18(13-25)32(2)22-14-27-24(31-30-22)19-7-6-15(9-20(19)33)16-10-21(26)28-23(11-16)34-3/h6-7,9-11,14,17-18,29,33H,4-5,8,12-13H2,1-3H3/t17-,18-,25+/m0/s1. The molecule has 0 amide bonds. The lowest BCUT2D eigenvalue weighted by Crippen LogP contribution is -2.61. The summed E-state index contributed by atoms with van der Waals surface area (Å²) in [6, 6.07) is 8.83. The van der Waals surface area contributed by atoms with E-state index in [0.29, 0.717) is 40.4 Å². The van der Waals surface area contributed by atoms with Gasteiger partial charge in [-0.25, -0.2) is 4.98 Å². The Morgan fingerprint density at radius 1 is 1.21 bits per heavy atom. The third-order valence-corrected chi connectivity index (χ3v) is 7.09. The Hall–Kier alpha value is -3.33. The number of aromatic hydroxyl groups is 1. The van der Waals surface area contributed by atoms with Crippen molar-refractivity contribution >= 4 is 5.82 Å². The third-order valence-electron chi connectivity index (χ3n) is 7.09. The Morgan fingerprint density at radius 2 is 2.06 bits per heavy atom. The number of phenols is 1. The van der Waals surface area contributed by atoms with Crippen LogP contribution in [0.2, 0.25) is 0 Å². The maximum absolute atomic E-state index is 13.8. The van der Waals surface area contributed by atoms with E-state index in [4.69, 9.17) is 4.74 Å². The Balaban J connectivity index is 1.35. The van der Waals surface area contributed by atoms with Crippen LogP contribution < -0.4 is 15.0 Å². The minimum atomic E-state index is -0.656. The largest absolute Gasteiger partial charge is 0.507 e. The molecule has 4 heterocycles. The fraction of sp³-hybridized carbons (Fsp3) is 0.440. The van der Waals surface area contributed by atoms with Gasteiger partial charge < -0.3 is 20.1 Å². The number of fused-ring (bicyclic) bond motifs is 2. The lowest BCUT2D eigenvalue weighted by Gasteiger charge is -2.49. The number of ether oxygens (including phenoxy) is 1. The fourth-order valence-corrected chi connectivity index (χ4v) is 5.33. The zero-order valence-corrected chi connectivity index (χ0v) is 19.6. The summed E-state index contributed by atoms with van der Waals surface area (Å²) < 4.78 is 18.8. The molecule has 0 unspecified atom stereocenters. The number of hydrogen-bond donors (Lipinski definition) is 2. The van der Waals surface area contributed by atoms with Crippen molar-refractivity contribution in [2.75, 3.05) is 19.1 Å². The van der Waals surface area contributed by atoms with Crippen molar-refractivity contribution in [2.45, 2.75) is 56.7 Å². The molecule has 2 aromatic heterocycles. The fourth-order valence-electron chi connectivity index (χ4n) is 5.33. The molecule has 2 bridgehead atoms. The van der Waals surface area contributed by atoms with E-state index in [9.17, 15) is 9.50 Å². The van der Waals surface area contributed by atoms with Crippen LogP contribution >= 0.6 is 0 Å².